The number of sulfonamides is 1. The number of anilines is 1. The number of rotatable bonds is 9. The van der Waals surface area contributed by atoms with Crippen molar-refractivity contribution in [2.45, 2.75) is 37.5 Å². The third-order valence-electron chi connectivity index (χ3n) is 4.66. The molecule has 1 aliphatic rings. The van der Waals surface area contributed by atoms with Crippen molar-refractivity contribution < 1.29 is 17.9 Å². The van der Waals surface area contributed by atoms with Gasteiger partial charge in [-0.3, -0.25) is 4.79 Å². The number of carbonyl (C=O) groups is 1. The van der Waals surface area contributed by atoms with Gasteiger partial charge in [-0.05, 0) is 54.8 Å². The van der Waals surface area contributed by atoms with E-state index < -0.39 is 10.0 Å². The molecule has 7 heteroatoms. The Morgan fingerprint density at radius 3 is 2.39 bits per heavy atom. The first-order chi connectivity index (χ1) is 13.5. The molecule has 0 aliphatic carbocycles. The molecule has 150 valence electrons. The summed E-state index contributed by atoms with van der Waals surface area (Å²) in [4.78, 5) is 13.6. The number of benzene rings is 2. The lowest BCUT2D eigenvalue weighted by Crippen LogP contribution is -2.28. The number of hydrogen-bond donors (Lipinski definition) is 1. The van der Waals surface area contributed by atoms with Gasteiger partial charge in [-0.1, -0.05) is 25.5 Å². The Labute approximate surface area is 166 Å². The lowest BCUT2D eigenvalue weighted by Gasteiger charge is -2.16. The van der Waals surface area contributed by atoms with Crippen molar-refractivity contribution >= 4 is 21.6 Å². The molecule has 3 rings (SSSR count). The molecule has 0 unspecified atom stereocenters. The molecule has 0 bridgehead atoms. The van der Waals surface area contributed by atoms with Crippen molar-refractivity contribution in [2.75, 3.05) is 24.6 Å². The van der Waals surface area contributed by atoms with Crippen LogP contribution < -0.4 is 14.4 Å². The molecular weight excluding hydrogens is 376 g/mol. The van der Waals surface area contributed by atoms with E-state index in [0.717, 1.165) is 30.7 Å². The van der Waals surface area contributed by atoms with Gasteiger partial charge in [-0.2, -0.15) is 0 Å². The predicted molar refractivity (Wildman–Crippen MR) is 109 cm³/mol. The van der Waals surface area contributed by atoms with Gasteiger partial charge in [-0.25, -0.2) is 13.1 Å². The van der Waals surface area contributed by atoms with Gasteiger partial charge >= 0.3 is 0 Å². The van der Waals surface area contributed by atoms with Gasteiger partial charge in [0, 0.05) is 25.2 Å². The summed E-state index contributed by atoms with van der Waals surface area (Å²) in [7, 11) is -3.62. The Balaban J connectivity index is 1.50. The van der Waals surface area contributed by atoms with Crippen molar-refractivity contribution in [3.63, 3.8) is 0 Å². The molecule has 6 nitrogen and oxygen atoms in total. The largest absolute Gasteiger partial charge is 0.492 e. The Morgan fingerprint density at radius 1 is 1.07 bits per heavy atom. The molecule has 1 amide bonds. The smallest absolute Gasteiger partial charge is 0.240 e. The van der Waals surface area contributed by atoms with E-state index in [1.54, 1.807) is 17.0 Å². The van der Waals surface area contributed by atoms with Gasteiger partial charge in [0.25, 0.3) is 0 Å². The zero-order chi connectivity index (χ0) is 20.0. The number of carbonyl (C=O) groups excluding carboxylic acids is 1. The summed E-state index contributed by atoms with van der Waals surface area (Å²) >= 11 is 0. The van der Waals surface area contributed by atoms with E-state index in [4.69, 9.17) is 4.74 Å². The second-order valence-corrected chi connectivity index (χ2v) is 8.55. The number of nitrogens with zero attached hydrogens (tertiary/aromatic N) is 1. The minimum atomic E-state index is -3.62. The second-order valence-electron chi connectivity index (χ2n) is 6.78. The highest BCUT2D eigenvalue weighted by atomic mass is 32.2. The first kappa shape index (κ1) is 20.4. The fraction of sp³-hybridized carbons (Fsp3) is 0.381. The topological polar surface area (TPSA) is 75.7 Å². The minimum Gasteiger partial charge on any atom is -0.492 e. The molecule has 1 saturated heterocycles. The van der Waals surface area contributed by atoms with Crippen LogP contribution in [0.1, 0.15) is 31.7 Å². The van der Waals surface area contributed by atoms with Crippen molar-refractivity contribution in [1.82, 2.24) is 4.72 Å². The van der Waals surface area contributed by atoms with Gasteiger partial charge < -0.3 is 9.64 Å². The van der Waals surface area contributed by atoms with E-state index in [9.17, 15) is 13.2 Å². The number of aryl methyl sites for hydroxylation is 1. The van der Waals surface area contributed by atoms with Crippen LogP contribution in [0.15, 0.2) is 53.4 Å². The summed E-state index contributed by atoms with van der Waals surface area (Å²) in [6.45, 7) is 3.23. The Bertz CT molecular complexity index is 893. The SMILES string of the molecule is CCCc1ccc(OCCNS(=O)(=O)c2ccc(N3CCCC3=O)cc2)cc1. The van der Waals surface area contributed by atoms with Crippen LogP contribution in [0.3, 0.4) is 0 Å². The second kappa shape index (κ2) is 9.21. The molecule has 1 fully saturated rings. The van der Waals surface area contributed by atoms with E-state index >= 15 is 0 Å². The van der Waals surface area contributed by atoms with E-state index in [1.165, 1.54) is 17.7 Å². The lowest BCUT2D eigenvalue weighted by atomic mass is 10.1. The maximum Gasteiger partial charge on any atom is 0.240 e. The van der Waals surface area contributed by atoms with Crippen LogP contribution in [0.5, 0.6) is 5.75 Å². The van der Waals surface area contributed by atoms with Crippen LogP contribution in [-0.2, 0) is 21.2 Å². The molecular formula is C21H26N2O4S. The quantitative estimate of drug-likeness (QED) is 0.654. The van der Waals surface area contributed by atoms with Crippen LogP contribution in [0.4, 0.5) is 5.69 Å². The van der Waals surface area contributed by atoms with Gasteiger partial charge in [0.15, 0.2) is 0 Å². The van der Waals surface area contributed by atoms with Crippen LogP contribution >= 0.6 is 0 Å². The van der Waals surface area contributed by atoms with Crippen molar-refractivity contribution in [2.24, 2.45) is 0 Å². The van der Waals surface area contributed by atoms with E-state index in [2.05, 4.69) is 11.6 Å². The lowest BCUT2D eigenvalue weighted by molar-refractivity contribution is -0.117. The zero-order valence-corrected chi connectivity index (χ0v) is 16.9. The van der Waals surface area contributed by atoms with Crippen LogP contribution in [0, 0.1) is 0 Å². The average molecular weight is 403 g/mol. The van der Waals surface area contributed by atoms with Crippen molar-refractivity contribution in [3.05, 3.63) is 54.1 Å². The van der Waals surface area contributed by atoms with E-state index in [-0.39, 0.29) is 24.0 Å². The first-order valence-corrected chi connectivity index (χ1v) is 11.1. The van der Waals surface area contributed by atoms with Crippen molar-refractivity contribution in [1.29, 1.82) is 0 Å². The summed E-state index contributed by atoms with van der Waals surface area (Å²) in [5.41, 5.74) is 1.99. The summed E-state index contributed by atoms with van der Waals surface area (Å²) < 4.78 is 33.0. The maximum absolute atomic E-state index is 12.4. The highest BCUT2D eigenvalue weighted by Crippen LogP contribution is 2.23. The van der Waals surface area contributed by atoms with Gasteiger partial charge in [-0.15, -0.1) is 0 Å². The molecule has 1 N–H and O–H groups in total. The average Bonchev–Trinajstić information content (AvgIpc) is 3.13. The van der Waals surface area contributed by atoms with Crippen LogP contribution in [0.2, 0.25) is 0 Å². The van der Waals surface area contributed by atoms with Crippen LogP contribution in [-0.4, -0.2) is 34.0 Å². The molecule has 0 aromatic heterocycles. The molecule has 1 heterocycles. The molecule has 2 aromatic rings. The molecule has 0 saturated carbocycles. The Kier molecular flexibility index (Phi) is 6.70. The molecule has 0 spiro atoms. The molecule has 0 radical (unpaired) electrons. The summed E-state index contributed by atoms with van der Waals surface area (Å²) in [5, 5.41) is 0. The Hall–Kier alpha value is -2.38. The zero-order valence-electron chi connectivity index (χ0n) is 16.1. The fourth-order valence-corrected chi connectivity index (χ4v) is 4.21. The fourth-order valence-electron chi connectivity index (χ4n) is 3.20. The third-order valence-corrected chi connectivity index (χ3v) is 6.13. The molecule has 28 heavy (non-hydrogen) atoms. The number of ether oxygens (including phenoxy) is 1. The van der Waals surface area contributed by atoms with Crippen LogP contribution in [0.25, 0.3) is 0 Å². The van der Waals surface area contributed by atoms with Crippen molar-refractivity contribution in [3.8, 4) is 5.75 Å². The monoisotopic (exact) mass is 402 g/mol. The summed E-state index contributed by atoms with van der Waals surface area (Å²) in [6.07, 6.45) is 3.51. The van der Waals surface area contributed by atoms with E-state index in [0.29, 0.717) is 13.0 Å². The normalized spacial score (nSPS) is 14.5. The number of hydrogen-bond acceptors (Lipinski definition) is 4. The van der Waals surface area contributed by atoms with Gasteiger partial charge in [0.2, 0.25) is 15.9 Å². The number of nitrogens with one attached hydrogen (secondary N) is 1. The minimum absolute atomic E-state index is 0.0774. The predicted octanol–water partition coefficient (Wildman–Crippen LogP) is 3.12. The first-order valence-electron chi connectivity index (χ1n) is 9.61. The highest BCUT2D eigenvalue weighted by Gasteiger charge is 2.22. The van der Waals surface area contributed by atoms with Gasteiger partial charge in [0.1, 0.15) is 12.4 Å². The third kappa shape index (κ3) is 5.11. The molecule has 2 aromatic carbocycles. The molecule has 0 atom stereocenters. The maximum atomic E-state index is 12.4. The summed E-state index contributed by atoms with van der Waals surface area (Å²) in [5.74, 6) is 0.798. The highest BCUT2D eigenvalue weighted by molar-refractivity contribution is 7.89. The summed E-state index contributed by atoms with van der Waals surface area (Å²) in [6, 6.07) is 14.2. The molecule has 1 aliphatic heterocycles. The van der Waals surface area contributed by atoms with E-state index in [1.807, 2.05) is 24.3 Å². The Morgan fingerprint density at radius 2 is 1.79 bits per heavy atom. The standard InChI is InChI=1S/C21H26N2O4S/c1-2-4-17-6-10-19(11-7-17)27-16-14-22-28(25,26)20-12-8-18(9-13-20)23-15-3-5-21(23)24/h6-13,22H,2-5,14-16H2,1H3. The van der Waals surface area contributed by atoms with Gasteiger partial charge in [0.05, 0.1) is 4.90 Å². The number of amides is 1.